The van der Waals surface area contributed by atoms with Crippen LogP contribution in [-0.4, -0.2) is 25.7 Å². The lowest BCUT2D eigenvalue weighted by atomic mass is 9.95. The lowest BCUT2D eigenvalue weighted by Crippen LogP contribution is -2.46. The summed E-state index contributed by atoms with van der Waals surface area (Å²) in [7, 11) is 3.80. The Balaban J connectivity index is 2.36. The highest BCUT2D eigenvalue weighted by Crippen LogP contribution is 2.47. The number of hydrogen-bond acceptors (Lipinski definition) is 4. The normalized spacial score (nSPS) is 19.3. The van der Waals surface area contributed by atoms with E-state index >= 15 is 0 Å². The summed E-state index contributed by atoms with van der Waals surface area (Å²) in [5.41, 5.74) is 1.18. The average Bonchev–Trinajstić information content (AvgIpc) is 3.10. The van der Waals surface area contributed by atoms with Crippen LogP contribution in [-0.2, 0) is 16.7 Å². The predicted octanol–water partition coefficient (Wildman–Crippen LogP) is 2.49. The molecule has 1 aromatic rings. The number of aromatic nitrogens is 1. The first-order valence-corrected chi connectivity index (χ1v) is 7.14. The van der Waals surface area contributed by atoms with Crippen molar-refractivity contribution in [2.45, 2.75) is 38.6 Å². The highest BCUT2D eigenvalue weighted by atomic mass is 32.1. The van der Waals surface area contributed by atoms with Crippen molar-refractivity contribution in [3.05, 3.63) is 15.6 Å². The summed E-state index contributed by atoms with van der Waals surface area (Å²) >= 11 is 1.83. The number of thiazole rings is 1. The molecule has 1 fully saturated rings. The standard InChI is InChI=1S/C13H22N2OS/c1-5-11-9(2)17-12(15-11)13(14-3,8-16-4)10-6-7-10/h10,14H,5-8H2,1-4H3. The molecule has 0 bridgehead atoms. The van der Waals surface area contributed by atoms with Gasteiger partial charge in [0, 0.05) is 12.0 Å². The summed E-state index contributed by atoms with van der Waals surface area (Å²) in [5.74, 6) is 0.683. The Labute approximate surface area is 108 Å². The van der Waals surface area contributed by atoms with Gasteiger partial charge in [0.1, 0.15) is 5.01 Å². The lowest BCUT2D eigenvalue weighted by Gasteiger charge is -2.31. The van der Waals surface area contributed by atoms with E-state index < -0.39 is 0 Å². The Hall–Kier alpha value is -0.450. The quantitative estimate of drug-likeness (QED) is 0.847. The lowest BCUT2D eigenvalue weighted by molar-refractivity contribution is 0.0980. The fourth-order valence-corrected chi connectivity index (χ4v) is 3.75. The van der Waals surface area contributed by atoms with Gasteiger partial charge in [0.15, 0.2) is 0 Å². The maximum Gasteiger partial charge on any atom is 0.116 e. The van der Waals surface area contributed by atoms with E-state index in [9.17, 15) is 0 Å². The molecule has 4 heteroatoms. The Morgan fingerprint density at radius 1 is 1.53 bits per heavy atom. The zero-order valence-corrected chi connectivity index (χ0v) is 12.0. The van der Waals surface area contributed by atoms with Crippen molar-refractivity contribution in [3.8, 4) is 0 Å². The molecule has 1 N–H and O–H groups in total. The number of likely N-dealkylation sites (N-methyl/N-ethyl adjacent to an activating group) is 1. The molecule has 2 rings (SSSR count). The van der Waals surface area contributed by atoms with Crippen LogP contribution in [0.2, 0.25) is 0 Å². The summed E-state index contributed by atoms with van der Waals surface area (Å²) in [6.07, 6.45) is 3.58. The van der Waals surface area contributed by atoms with E-state index in [0.717, 1.165) is 6.42 Å². The van der Waals surface area contributed by atoms with E-state index in [1.54, 1.807) is 7.11 Å². The van der Waals surface area contributed by atoms with Crippen LogP contribution in [0.15, 0.2) is 0 Å². The van der Waals surface area contributed by atoms with E-state index in [2.05, 4.69) is 19.2 Å². The Kier molecular flexibility index (Phi) is 3.85. The van der Waals surface area contributed by atoms with Gasteiger partial charge in [0.05, 0.1) is 17.8 Å². The zero-order valence-electron chi connectivity index (χ0n) is 11.2. The van der Waals surface area contributed by atoms with Gasteiger partial charge in [0.2, 0.25) is 0 Å². The number of aryl methyl sites for hydroxylation is 2. The molecule has 1 unspecified atom stereocenters. The Bertz CT molecular complexity index is 387. The SMILES string of the molecule is CCc1nc(C(COC)(NC)C2CC2)sc1C. The molecule has 0 aromatic carbocycles. The fourth-order valence-electron chi connectivity index (χ4n) is 2.49. The van der Waals surface area contributed by atoms with Crippen LogP contribution in [0.1, 0.15) is 35.3 Å². The summed E-state index contributed by atoms with van der Waals surface area (Å²) < 4.78 is 5.44. The average molecular weight is 254 g/mol. The third-order valence-corrected chi connectivity index (χ3v) is 4.89. The van der Waals surface area contributed by atoms with E-state index in [1.807, 2.05) is 18.4 Å². The molecule has 0 saturated heterocycles. The Morgan fingerprint density at radius 3 is 2.65 bits per heavy atom. The van der Waals surface area contributed by atoms with Crippen LogP contribution < -0.4 is 5.32 Å². The third-order valence-electron chi connectivity index (χ3n) is 3.70. The van der Waals surface area contributed by atoms with Gasteiger partial charge >= 0.3 is 0 Å². The second-order valence-electron chi connectivity index (χ2n) is 4.80. The van der Waals surface area contributed by atoms with Crippen LogP contribution in [0.4, 0.5) is 0 Å². The first-order chi connectivity index (χ1) is 8.17. The molecule has 0 spiro atoms. The van der Waals surface area contributed by atoms with Crippen molar-refractivity contribution in [1.29, 1.82) is 0 Å². The molecular formula is C13H22N2OS. The summed E-state index contributed by atoms with van der Waals surface area (Å²) in [5, 5.41) is 4.69. The monoisotopic (exact) mass is 254 g/mol. The van der Waals surface area contributed by atoms with Crippen molar-refractivity contribution in [3.63, 3.8) is 0 Å². The highest BCUT2D eigenvalue weighted by molar-refractivity contribution is 7.11. The smallest absolute Gasteiger partial charge is 0.116 e. The van der Waals surface area contributed by atoms with E-state index in [-0.39, 0.29) is 5.54 Å². The second-order valence-corrected chi connectivity index (χ2v) is 6.01. The van der Waals surface area contributed by atoms with E-state index in [0.29, 0.717) is 12.5 Å². The number of nitrogens with zero attached hydrogens (tertiary/aromatic N) is 1. The molecule has 3 nitrogen and oxygen atoms in total. The Morgan fingerprint density at radius 2 is 2.24 bits per heavy atom. The fraction of sp³-hybridized carbons (Fsp3) is 0.769. The van der Waals surface area contributed by atoms with Gasteiger partial charge in [-0.15, -0.1) is 11.3 Å². The van der Waals surface area contributed by atoms with Gasteiger partial charge in [-0.05, 0) is 39.2 Å². The topological polar surface area (TPSA) is 34.1 Å². The second kappa shape index (κ2) is 5.04. The molecule has 1 heterocycles. The van der Waals surface area contributed by atoms with Gasteiger partial charge < -0.3 is 10.1 Å². The summed E-state index contributed by atoms with van der Waals surface area (Å²) in [6.45, 7) is 5.05. The number of ether oxygens (including phenoxy) is 1. The van der Waals surface area contributed by atoms with Crippen LogP contribution >= 0.6 is 11.3 Å². The van der Waals surface area contributed by atoms with Gasteiger partial charge in [0.25, 0.3) is 0 Å². The first-order valence-electron chi connectivity index (χ1n) is 6.32. The van der Waals surface area contributed by atoms with Crippen LogP contribution in [0.25, 0.3) is 0 Å². The molecule has 0 amide bonds. The third kappa shape index (κ3) is 2.26. The molecule has 1 aliphatic rings. The molecule has 96 valence electrons. The number of hydrogen-bond donors (Lipinski definition) is 1. The zero-order chi connectivity index (χ0) is 12.5. The maximum atomic E-state index is 5.44. The minimum atomic E-state index is -0.0579. The largest absolute Gasteiger partial charge is 0.382 e. The number of nitrogens with one attached hydrogen (secondary N) is 1. The van der Waals surface area contributed by atoms with Crippen molar-refractivity contribution < 1.29 is 4.74 Å². The molecule has 1 aliphatic carbocycles. The predicted molar refractivity (Wildman–Crippen MR) is 71.6 cm³/mol. The van der Waals surface area contributed by atoms with Gasteiger partial charge in [-0.3, -0.25) is 0 Å². The minimum absolute atomic E-state index is 0.0579. The van der Waals surface area contributed by atoms with Gasteiger partial charge in [-0.2, -0.15) is 0 Å². The molecule has 1 saturated carbocycles. The van der Waals surface area contributed by atoms with E-state index in [1.165, 1.54) is 28.4 Å². The van der Waals surface area contributed by atoms with Crippen molar-refractivity contribution in [2.75, 3.05) is 20.8 Å². The van der Waals surface area contributed by atoms with Crippen LogP contribution in [0.5, 0.6) is 0 Å². The maximum absolute atomic E-state index is 5.44. The van der Waals surface area contributed by atoms with Crippen LogP contribution in [0.3, 0.4) is 0 Å². The van der Waals surface area contributed by atoms with Gasteiger partial charge in [-0.25, -0.2) is 4.98 Å². The highest BCUT2D eigenvalue weighted by Gasteiger charge is 2.47. The number of methoxy groups -OCH3 is 1. The molecule has 1 aromatic heterocycles. The van der Waals surface area contributed by atoms with Crippen LogP contribution in [0, 0.1) is 12.8 Å². The molecule has 17 heavy (non-hydrogen) atoms. The van der Waals surface area contributed by atoms with Crippen molar-refractivity contribution >= 4 is 11.3 Å². The molecule has 0 radical (unpaired) electrons. The van der Waals surface area contributed by atoms with Crippen molar-refractivity contribution in [2.24, 2.45) is 5.92 Å². The summed E-state index contributed by atoms with van der Waals surface area (Å²) in [6, 6.07) is 0. The molecule has 1 atom stereocenters. The van der Waals surface area contributed by atoms with Gasteiger partial charge in [-0.1, -0.05) is 6.92 Å². The van der Waals surface area contributed by atoms with Crippen molar-refractivity contribution in [1.82, 2.24) is 10.3 Å². The molecule has 0 aliphatic heterocycles. The van der Waals surface area contributed by atoms with E-state index in [4.69, 9.17) is 9.72 Å². The molecular weight excluding hydrogens is 232 g/mol. The first kappa shape index (κ1) is 13.0. The summed E-state index contributed by atoms with van der Waals surface area (Å²) in [4.78, 5) is 6.17. The number of rotatable bonds is 6. The minimum Gasteiger partial charge on any atom is -0.382 e.